The lowest BCUT2D eigenvalue weighted by Gasteiger charge is -2.46. The van der Waals surface area contributed by atoms with Crippen LogP contribution in [0.2, 0.25) is 0 Å². The van der Waals surface area contributed by atoms with E-state index in [4.69, 9.17) is 5.73 Å². The summed E-state index contributed by atoms with van der Waals surface area (Å²) >= 11 is 0. The van der Waals surface area contributed by atoms with Gasteiger partial charge in [0.05, 0.1) is 5.41 Å². The van der Waals surface area contributed by atoms with Crippen LogP contribution in [0.4, 0.5) is 4.39 Å². The smallest absolute Gasteiger partial charge is 0.303 e. The van der Waals surface area contributed by atoms with Gasteiger partial charge in [0.1, 0.15) is 11.4 Å². The summed E-state index contributed by atoms with van der Waals surface area (Å²) in [4.78, 5) is 30.1. The fourth-order valence-electron chi connectivity index (χ4n) is 5.35. The second-order valence-electron chi connectivity index (χ2n) is 10.4. The molecular weight excluding hydrogens is 397 g/mol. The fourth-order valence-corrected chi connectivity index (χ4v) is 5.35. The van der Waals surface area contributed by atoms with E-state index in [9.17, 15) is 14.7 Å². The van der Waals surface area contributed by atoms with Crippen molar-refractivity contribution in [3.05, 3.63) is 35.1 Å². The number of carbonyl (C=O) groups excluding carboxylic acids is 1. The number of benzene rings is 1. The number of hydrogen-bond donors (Lipinski definition) is 2. The fraction of sp³-hybridized carbons (Fsp3) is 0.625. The zero-order valence-corrected chi connectivity index (χ0v) is 19.3. The number of carboxylic acids is 1. The number of guanidine groups is 1. The Morgan fingerprint density at radius 1 is 1.23 bits per heavy atom. The van der Waals surface area contributed by atoms with Crippen molar-refractivity contribution in [2.75, 3.05) is 7.05 Å². The molecule has 0 spiro atoms. The number of aliphatic carboxylic acids is 1. The highest BCUT2D eigenvalue weighted by Gasteiger charge is 2.54. The largest absolute Gasteiger partial charge is 0.481 e. The third-order valence-corrected chi connectivity index (χ3v) is 8.16. The average Bonchev–Trinajstić information content (AvgIpc) is 2.94. The minimum absolute atomic E-state index is 0.0741. The van der Waals surface area contributed by atoms with Gasteiger partial charge >= 0.3 is 5.97 Å². The second-order valence-corrected chi connectivity index (χ2v) is 10.4. The summed E-state index contributed by atoms with van der Waals surface area (Å²) in [6.07, 6.45) is 2.72. The maximum atomic E-state index is 15.1. The average molecular weight is 432 g/mol. The van der Waals surface area contributed by atoms with Crippen molar-refractivity contribution < 1.29 is 19.1 Å². The van der Waals surface area contributed by atoms with Crippen LogP contribution in [0, 0.1) is 28.5 Å². The van der Waals surface area contributed by atoms with Crippen molar-refractivity contribution in [3.8, 4) is 0 Å². The molecule has 3 rings (SSSR count). The molecule has 6 nitrogen and oxygen atoms in total. The van der Waals surface area contributed by atoms with E-state index in [-0.39, 0.29) is 29.6 Å². The molecule has 1 heterocycles. The summed E-state index contributed by atoms with van der Waals surface area (Å²) < 4.78 is 15.1. The van der Waals surface area contributed by atoms with Gasteiger partial charge in [-0.2, -0.15) is 0 Å². The predicted octanol–water partition coefficient (Wildman–Crippen LogP) is 3.92. The molecule has 1 aliphatic carbocycles. The Morgan fingerprint density at radius 2 is 1.84 bits per heavy atom. The number of hydrogen-bond acceptors (Lipinski definition) is 4. The van der Waals surface area contributed by atoms with Crippen molar-refractivity contribution in [1.82, 2.24) is 4.90 Å². The minimum atomic E-state index is -1.14. The third kappa shape index (κ3) is 3.72. The van der Waals surface area contributed by atoms with Crippen molar-refractivity contribution in [2.45, 2.75) is 65.8 Å². The van der Waals surface area contributed by atoms with Crippen LogP contribution in [-0.2, 0) is 21.5 Å². The molecule has 1 aromatic rings. The Labute approximate surface area is 183 Å². The van der Waals surface area contributed by atoms with E-state index in [1.807, 2.05) is 6.07 Å². The van der Waals surface area contributed by atoms with E-state index in [0.717, 1.165) is 24.8 Å². The zero-order chi connectivity index (χ0) is 23.4. The minimum Gasteiger partial charge on any atom is -0.481 e. The molecule has 0 radical (unpaired) electrons. The summed E-state index contributed by atoms with van der Waals surface area (Å²) in [5.74, 6) is -0.889. The van der Waals surface area contributed by atoms with Gasteiger partial charge < -0.3 is 10.8 Å². The Hall–Kier alpha value is -2.44. The normalized spacial score (nSPS) is 29.7. The summed E-state index contributed by atoms with van der Waals surface area (Å²) in [5.41, 5.74) is 5.07. The SMILES string of the molecule is CN1C(=O)C(C)(C)[C@@](C)(c2cc(CC3CCC(CC(=O)O)C3(C)C)ccc2F)N=C1N. The molecule has 3 atom stereocenters. The number of carboxylic acid groups (broad SMARTS) is 1. The Kier molecular flexibility index (Phi) is 5.70. The van der Waals surface area contributed by atoms with E-state index in [2.05, 4.69) is 18.8 Å². The van der Waals surface area contributed by atoms with Crippen LogP contribution in [0.5, 0.6) is 0 Å². The number of nitrogens with two attached hydrogens (primary N) is 1. The van der Waals surface area contributed by atoms with E-state index < -0.39 is 22.7 Å². The van der Waals surface area contributed by atoms with Crippen molar-refractivity contribution >= 4 is 17.8 Å². The monoisotopic (exact) mass is 431 g/mol. The lowest BCUT2D eigenvalue weighted by molar-refractivity contribution is -0.141. The Morgan fingerprint density at radius 3 is 2.45 bits per heavy atom. The number of aliphatic imine (C=N–C) groups is 1. The van der Waals surface area contributed by atoms with Crippen LogP contribution in [0.3, 0.4) is 0 Å². The number of carbonyl (C=O) groups is 2. The molecule has 2 unspecified atom stereocenters. The molecule has 0 saturated heterocycles. The predicted molar refractivity (Wildman–Crippen MR) is 118 cm³/mol. The maximum absolute atomic E-state index is 15.1. The summed E-state index contributed by atoms with van der Waals surface area (Å²) in [6.45, 7) is 9.56. The topological polar surface area (TPSA) is 96.0 Å². The van der Waals surface area contributed by atoms with Gasteiger partial charge in [-0.1, -0.05) is 26.0 Å². The lowest BCUT2D eigenvalue weighted by atomic mass is 9.67. The molecule has 1 saturated carbocycles. The number of nitrogens with zero attached hydrogens (tertiary/aromatic N) is 2. The maximum Gasteiger partial charge on any atom is 0.303 e. The second kappa shape index (κ2) is 7.61. The van der Waals surface area contributed by atoms with Crippen LogP contribution >= 0.6 is 0 Å². The molecule has 1 aromatic carbocycles. The molecule has 0 aromatic heterocycles. The molecule has 0 bridgehead atoms. The summed E-state index contributed by atoms with van der Waals surface area (Å²) in [7, 11) is 1.57. The van der Waals surface area contributed by atoms with Gasteiger partial charge in [-0.05, 0) is 68.9 Å². The lowest BCUT2D eigenvalue weighted by Crippen LogP contribution is -2.58. The van der Waals surface area contributed by atoms with E-state index in [1.165, 1.54) is 11.0 Å². The van der Waals surface area contributed by atoms with Crippen molar-refractivity contribution in [2.24, 2.45) is 33.4 Å². The standard InChI is InChI=1S/C24H34FN3O3/c1-22(2)15(8-9-16(22)13-19(29)30)11-14-7-10-18(25)17(12-14)24(5)23(3,4)20(31)28(6)21(26)27-24/h7,10,12,15-16H,8-9,11,13H2,1-6H3,(H2,26,27)(H,29,30)/t15?,16?,24-/m1/s1. The van der Waals surface area contributed by atoms with Crippen LogP contribution in [-0.4, -0.2) is 34.9 Å². The van der Waals surface area contributed by atoms with Gasteiger partial charge in [0, 0.05) is 19.0 Å². The highest BCUT2D eigenvalue weighted by molar-refractivity contribution is 6.01. The summed E-state index contributed by atoms with van der Waals surface area (Å²) in [6, 6.07) is 5.03. The first-order valence-electron chi connectivity index (χ1n) is 10.9. The highest BCUT2D eigenvalue weighted by Crippen LogP contribution is 2.51. The molecular formula is C24H34FN3O3. The van der Waals surface area contributed by atoms with Gasteiger partial charge in [-0.3, -0.25) is 14.5 Å². The molecule has 1 aliphatic heterocycles. The molecule has 1 fully saturated rings. The van der Waals surface area contributed by atoms with Gasteiger partial charge in [-0.15, -0.1) is 0 Å². The first kappa shape index (κ1) is 23.2. The molecule has 7 heteroatoms. The van der Waals surface area contributed by atoms with E-state index in [0.29, 0.717) is 11.5 Å². The number of rotatable bonds is 5. The quantitative estimate of drug-likeness (QED) is 0.738. The van der Waals surface area contributed by atoms with E-state index in [1.54, 1.807) is 33.9 Å². The first-order valence-corrected chi connectivity index (χ1v) is 10.9. The van der Waals surface area contributed by atoms with E-state index >= 15 is 4.39 Å². The zero-order valence-electron chi connectivity index (χ0n) is 19.3. The van der Waals surface area contributed by atoms with Gasteiger partial charge in [0.25, 0.3) is 0 Å². The van der Waals surface area contributed by atoms with Crippen molar-refractivity contribution in [1.29, 1.82) is 0 Å². The number of amides is 1. The summed E-state index contributed by atoms with van der Waals surface area (Å²) in [5, 5.41) is 9.24. The molecule has 31 heavy (non-hydrogen) atoms. The van der Waals surface area contributed by atoms with Gasteiger partial charge in [0.15, 0.2) is 5.96 Å². The Bertz CT molecular complexity index is 940. The number of halogens is 1. The molecule has 170 valence electrons. The highest BCUT2D eigenvalue weighted by atomic mass is 19.1. The van der Waals surface area contributed by atoms with Gasteiger partial charge in [-0.25, -0.2) is 9.38 Å². The van der Waals surface area contributed by atoms with Crippen LogP contribution in [0.1, 0.15) is 65.0 Å². The third-order valence-electron chi connectivity index (χ3n) is 8.16. The molecule has 1 amide bonds. The van der Waals surface area contributed by atoms with Gasteiger partial charge in [0.2, 0.25) is 5.91 Å². The Balaban J connectivity index is 1.96. The van der Waals surface area contributed by atoms with Crippen LogP contribution in [0.25, 0.3) is 0 Å². The van der Waals surface area contributed by atoms with Crippen LogP contribution in [0.15, 0.2) is 23.2 Å². The molecule has 2 aliphatic rings. The molecule has 3 N–H and O–H groups in total. The first-order chi connectivity index (χ1) is 14.2. The van der Waals surface area contributed by atoms with Crippen LogP contribution < -0.4 is 5.73 Å². The van der Waals surface area contributed by atoms with Crippen molar-refractivity contribution in [3.63, 3.8) is 0 Å².